The third kappa shape index (κ3) is 4.16. The van der Waals surface area contributed by atoms with E-state index in [0.29, 0.717) is 27.7 Å². The molecule has 0 aliphatic carbocycles. The van der Waals surface area contributed by atoms with Crippen molar-refractivity contribution < 1.29 is 23.2 Å². The third-order valence-electron chi connectivity index (χ3n) is 4.46. The van der Waals surface area contributed by atoms with Gasteiger partial charge in [-0.3, -0.25) is 9.59 Å². The van der Waals surface area contributed by atoms with E-state index in [2.05, 4.69) is 10.6 Å². The summed E-state index contributed by atoms with van der Waals surface area (Å²) < 4.78 is 15.8. The number of carbonyl (C=O) groups excluding carboxylic acids is 2. The van der Waals surface area contributed by atoms with Crippen LogP contribution in [0.4, 0.5) is 11.4 Å². The van der Waals surface area contributed by atoms with E-state index in [1.54, 1.807) is 49.8 Å². The third-order valence-corrected chi connectivity index (χ3v) is 4.70. The summed E-state index contributed by atoms with van der Waals surface area (Å²) >= 11 is 6.06. The van der Waals surface area contributed by atoms with Crippen LogP contribution in [-0.2, 0) is 11.2 Å². The Balaban J connectivity index is 1.51. The highest BCUT2D eigenvalue weighted by Gasteiger charge is 2.16. The van der Waals surface area contributed by atoms with Crippen molar-refractivity contribution in [2.45, 2.75) is 6.42 Å². The molecule has 0 saturated carbocycles. The standard InChI is InChI=1S/C22H17ClN2O5/c1-28-15-5-6-16-13(12-30-20(16)11-15)9-21(26)24-17-7-4-14(23)10-18(17)25-22(27)19-3-2-8-29-19/h2-8,10-12H,9H2,1H3,(H,24,26)(H,25,27). The highest BCUT2D eigenvalue weighted by atomic mass is 35.5. The Hall–Kier alpha value is -3.71. The molecule has 30 heavy (non-hydrogen) atoms. The number of furan rings is 2. The molecule has 8 heteroatoms. The van der Waals surface area contributed by atoms with Gasteiger partial charge < -0.3 is 24.2 Å². The van der Waals surface area contributed by atoms with Crippen LogP contribution in [-0.4, -0.2) is 18.9 Å². The van der Waals surface area contributed by atoms with Crippen LogP contribution in [0.5, 0.6) is 5.75 Å². The summed E-state index contributed by atoms with van der Waals surface area (Å²) in [6.07, 6.45) is 3.04. The second kappa shape index (κ2) is 8.34. The molecule has 0 radical (unpaired) electrons. The van der Waals surface area contributed by atoms with E-state index >= 15 is 0 Å². The van der Waals surface area contributed by atoms with Gasteiger partial charge in [-0.2, -0.15) is 0 Å². The number of hydrogen-bond donors (Lipinski definition) is 2. The van der Waals surface area contributed by atoms with Gasteiger partial charge >= 0.3 is 0 Å². The lowest BCUT2D eigenvalue weighted by molar-refractivity contribution is -0.115. The fourth-order valence-electron chi connectivity index (χ4n) is 3.02. The summed E-state index contributed by atoms with van der Waals surface area (Å²) in [5, 5.41) is 6.74. The van der Waals surface area contributed by atoms with Crippen molar-refractivity contribution in [2.24, 2.45) is 0 Å². The van der Waals surface area contributed by atoms with Gasteiger partial charge in [0.15, 0.2) is 5.76 Å². The summed E-state index contributed by atoms with van der Waals surface area (Å²) in [6.45, 7) is 0. The minimum Gasteiger partial charge on any atom is -0.497 e. The van der Waals surface area contributed by atoms with Crippen LogP contribution >= 0.6 is 11.6 Å². The molecule has 152 valence electrons. The fourth-order valence-corrected chi connectivity index (χ4v) is 3.19. The molecule has 4 rings (SSSR count). The molecule has 0 fully saturated rings. The van der Waals surface area contributed by atoms with E-state index < -0.39 is 5.91 Å². The van der Waals surface area contributed by atoms with Crippen molar-refractivity contribution in [3.05, 3.63) is 77.4 Å². The highest BCUT2D eigenvalue weighted by Crippen LogP contribution is 2.28. The number of nitrogens with one attached hydrogen (secondary N) is 2. The van der Waals surface area contributed by atoms with Gasteiger partial charge in [-0.25, -0.2) is 0 Å². The Labute approximate surface area is 176 Å². The monoisotopic (exact) mass is 424 g/mol. The number of amides is 2. The Morgan fingerprint density at radius 3 is 2.67 bits per heavy atom. The van der Waals surface area contributed by atoms with Crippen LogP contribution in [0.15, 0.2) is 69.9 Å². The SMILES string of the molecule is COc1ccc2c(CC(=O)Nc3ccc(Cl)cc3NC(=O)c3ccco3)coc2c1. The number of halogens is 1. The predicted octanol–water partition coefficient (Wildman–Crippen LogP) is 5.12. The molecule has 2 heterocycles. The number of anilines is 2. The number of hydrogen-bond acceptors (Lipinski definition) is 5. The van der Waals surface area contributed by atoms with E-state index in [4.69, 9.17) is 25.2 Å². The summed E-state index contributed by atoms with van der Waals surface area (Å²) in [5.41, 5.74) is 2.15. The van der Waals surface area contributed by atoms with E-state index in [1.807, 2.05) is 6.07 Å². The maximum Gasteiger partial charge on any atom is 0.291 e. The van der Waals surface area contributed by atoms with E-state index in [9.17, 15) is 9.59 Å². The Morgan fingerprint density at radius 2 is 1.90 bits per heavy atom. The zero-order valence-electron chi connectivity index (χ0n) is 15.9. The van der Waals surface area contributed by atoms with Crippen molar-refractivity contribution in [3.8, 4) is 5.75 Å². The second-order valence-electron chi connectivity index (χ2n) is 6.47. The van der Waals surface area contributed by atoms with Gasteiger partial charge in [-0.1, -0.05) is 11.6 Å². The number of benzene rings is 2. The normalized spacial score (nSPS) is 10.7. The molecule has 2 amide bonds. The van der Waals surface area contributed by atoms with Gasteiger partial charge in [0.05, 0.1) is 37.4 Å². The van der Waals surface area contributed by atoms with E-state index in [-0.39, 0.29) is 18.1 Å². The maximum absolute atomic E-state index is 12.7. The lowest BCUT2D eigenvalue weighted by atomic mass is 10.1. The first-order chi connectivity index (χ1) is 14.5. The molecule has 0 unspecified atom stereocenters. The molecule has 2 aromatic heterocycles. The van der Waals surface area contributed by atoms with E-state index in [1.165, 1.54) is 12.3 Å². The molecule has 0 atom stereocenters. The zero-order valence-corrected chi connectivity index (χ0v) is 16.7. The molecule has 0 spiro atoms. The van der Waals surface area contributed by atoms with Crippen LogP contribution in [0.25, 0.3) is 11.0 Å². The zero-order chi connectivity index (χ0) is 21.1. The number of fused-ring (bicyclic) bond motifs is 1. The van der Waals surface area contributed by atoms with Gasteiger partial charge in [0.2, 0.25) is 5.91 Å². The largest absolute Gasteiger partial charge is 0.497 e. The van der Waals surface area contributed by atoms with E-state index in [0.717, 1.165) is 10.9 Å². The first kappa shape index (κ1) is 19.6. The summed E-state index contributed by atoms with van der Waals surface area (Å²) in [7, 11) is 1.58. The molecule has 2 N–H and O–H groups in total. The van der Waals surface area contributed by atoms with Crippen molar-refractivity contribution >= 4 is 45.8 Å². The average Bonchev–Trinajstić information content (AvgIpc) is 3.40. The first-order valence-electron chi connectivity index (χ1n) is 9.02. The molecule has 7 nitrogen and oxygen atoms in total. The highest BCUT2D eigenvalue weighted by molar-refractivity contribution is 6.31. The molecular formula is C22H17ClN2O5. The topological polar surface area (TPSA) is 93.7 Å². The number of rotatable bonds is 6. The van der Waals surface area contributed by atoms with Crippen molar-refractivity contribution in [3.63, 3.8) is 0 Å². The van der Waals surface area contributed by atoms with Gasteiger partial charge in [-0.05, 0) is 42.5 Å². The second-order valence-corrected chi connectivity index (χ2v) is 6.91. The van der Waals surface area contributed by atoms with Crippen LogP contribution in [0, 0.1) is 0 Å². The summed E-state index contributed by atoms with van der Waals surface area (Å²) in [4.78, 5) is 25.0. The molecule has 4 aromatic rings. The number of carbonyl (C=O) groups is 2. The van der Waals surface area contributed by atoms with Crippen LogP contribution in [0.2, 0.25) is 5.02 Å². The van der Waals surface area contributed by atoms with Crippen molar-refractivity contribution in [2.75, 3.05) is 17.7 Å². The van der Waals surface area contributed by atoms with Gasteiger partial charge in [-0.15, -0.1) is 0 Å². The lowest BCUT2D eigenvalue weighted by Gasteiger charge is -2.12. The van der Waals surface area contributed by atoms with Gasteiger partial charge in [0.1, 0.15) is 11.3 Å². The molecule has 0 bridgehead atoms. The Bertz CT molecular complexity index is 1210. The lowest BCUT2D eigenvalue weighted by Crippen LogP contribution is -2.17. The molecule has 2 aromatic carbocycles. The predicted molar refractivity (Wildman–Crippen MR) is 113 cm³/mol. The summed E-state index contributed by atoms with van der Waals surface area (Å²) in [6, 6.07) is 13.4. The number of methoxy groups -OCH3 is 1. The molecule has 0 aliphatic rings. The molecule has 0 saturated heterocycles. The Morgan fingerprint density at radius 1 is 1.03 bits per heavy atom. The fraction of sp³-hybridized carbons (Fsp3) is 0.0909. The van der Waals surface area contributed by atoms with Crippen LogP contribution in [0.3, 0.4) is 0 Å². The van der Waals surface area contributed by atoms with Gasteiger partial charge in [0.25, 0.3) is 5.91 Å². The minimum atomic E-state index is -0.451. The Kier molecular flexibility index (Phi) is 5.45. The molecular weight excluding hydrogens is 408 g/mol. The van der Waals surface area contributed by atoms with Crippen molar-refractivity contribution in [1.29, 1.82) is 0 Å². The molecule has 0 aliphatic heterocycles. The van der Waals surface area contributed by atoms with Crippen molar-refractivity contribution in [1.82, 2.24) is 0 Å². The smallest absolute Gasteiger partial charge is 0.291 e. The first-order valence-corrected chi connectivity index (χ1v) is 9.39. The van der Waals surface area contributed by atoms with Crippen LogP contribution < -0.4 is 15.4 Å². The number of ether oxygens (including phenoxy) is 1. The summed E-state index contributed by atoms with van der Waals surface area (Å²) in [5.74, 6) is 0.0929. The quantitative estimate of drug-likeness (QED) is 0.448. The maximum atomic E-state index is 12.7. The van der Waals surface area contributed by atoms with Gasteiger partial charge in [0, 0.05) is 22.0 Å². The average molecular weight is 425 g/mol. The van der Waals surface area contributed by atoms with Crippen LogP contribution in [0.1, 0.15) is 16.1 Å². The minimum absolute atomic E-state index is 0.0908.